The van der Waals surface area contributed by atoms with E-state index in [2.05, 4.69) is 67.8 Å². The Morgan fingerprint density at radius 1 is 1.23 bits per heavy atom. The summed E-state index contributed by atoms with van der Waals surface area (Å²) >= 11 is 0. The van der Waals surface area contributed by atoms with E-state index in [9.17, 15) is 4.79 Å². The summed E-state index contributed by atoms with van der Waals surface area (Å²) < 4.78 is 0. The van der Waals surface area contributed by atoms with Gasteiger partial charge in [0, 0.05) is 31.3 Å². The average Bonchev–Trinajstić information content (AvgIpc) is 3.21. The van der Waals surface area contributed by atoms with Crippen LogP contribution >= 0.6 is 0 Å². The van der Waals surface area contributed by atoms with E-state index in [1.807, 2.05) is 6.07 Å². The van der Waals surface area contributed by atoms with E-state index >= 15 is 0 Å². The molecule has 3 heterocycles. The number of hydrazone groups is 1. The first-order chi connectivity index (χ1) is 12.8. The number of hydrogen-bond acceptors (Lipinski definition) is 6. The molecule has 3 atom stereocenters. The smallest absolute Gasteiger partial charge is 0.220 e. The van der Waals surface area contributed by atoms with Gasteiger partial charge >= 0.3 is 0 Å². The number of amides is 1. The molecule has 3 N–H and O–H groups in total. The molecule has 0 radical (unpaired) electrons. The Bertz CT molecular complexity index is 744. The van der Waals surface area contributed by atoms with Crippen LogP contribution in [0.2, 0.25) is 0 Å². The molecule has 1 saturated heterocycles. The van der Waals surface area contributed by atoms with Crippen molar-refractivity contribution in [1.29, 1.82) is 0 Å². The lowest BCUT2D eigenvalue weighted by Crippen LogP contribution is -2.54. The van der Waals surface area contributed by atoms with Crippen molar-refractivity contribution in [3.8, 4) is 0 Å². The standard InChI is InChI=1S/C19H24N6O/c26-18(20-14-6-7-14)9-8-17-21-22-19-16-12-15(13-4-2-1-3-5-13)23-25(16)11-10-24(17)19/h1-5,10-11,14-16,19,22-23H,6-9,12H2,(H,20,26). The molecular weight excluding hydrogens is 328 g/mol. The van der Waals surface area contributed by atoms with Crippen LogP contribution in [0.1, 0.15) is 43.7 Å². The minimum Gasteiger partial charge on any atom is -0.353 e. The summed E-state index contributed by atoms with van der Waals surface area (Å²) in [5.74, 6) is 1.08. The van der Waals surface area contributed by atoms with Gasteiger partial charge in [0.15, 0.2) is 0 Å². The predicted octanol–water partition coefficient (Wildman–Crippen LogP) is 1.39. The van der Waals surface area contributed by atoms with Crippen molar-refractivity contribution in [2.24, 2.45) is 5.10 Å². The number of fused-ring (bicyclic) bond motifs is 3. The molecule has 0 spiro atoms. The predicted molar refractivity (Wildman–Crippen MR) is 98.3 cm³/mol. The molecule has 2 fully saturated rings. The molecule has 7 nitrogen and oxygen atoms in total. The molecule has 26 heavy (non-hydrogen) atoms. The molecule has 1 saturated carbocycles. The van der Waals surface area contributed by atoms with Crippen LogP contribution in [0.4, 0.5) is 0 Å². The van der Waals surface area contributed by atoms with Gasteiger partial charge in [0.1, 0.15) is 12.0 Å². The average molecular weight is 352 g/mol. The van der Waals surface area contributed by atoms with Gasteiger partial charge in [0.2, 0.25) is 5.91 Å². The first-order valence-electron chi connectivity index (χ1n) is 9.45. The summed E-state index contributed by atoms with van der Waals surface area (Å²) in [4.78, 5) is 14.1. The zero-order valence-corrected chi connectivity index (χ0v) is 14.6. The van der Waals surface area contributed by atoms with Crippen LogP contribution in [0.25, 0.3) is 0 Å². The highest BCUT2D eigenvalue weighted by Crippen LogP contribution is 2.34. The van der Waals surface area contributed by atoms with Crippen molar-refractivity contribution in [3.05, 3.63) is 48.3 Å². The third-order valence-corrected chi connectivity index (χ3v) is 5.54. The number of hydrazine groups is 1. The number of carbonyl (C=O) groups excluding carboxylic acids is 1. The molecule has 3 aliphatic heterocycles. The Balaban J connectivity index is 1.22. The Morgan fingerprint density at radius 3 is 2.88 bits per heavy atom. The summed E-state index contributed by atoms with van der Waals surface area (Å²) in [6.45, 7) is 0. The SMILES string of the molecule is O=C(CCC1=NNC2C3CC(c4ccccc4)NN3C=CN12)NC1CC1. The molecule has 1 aromatic carbocycles. The van der Waals surface area contributed by atoms with Gasteiger partial charge in [-0.15, -0.1) is 0 Å². The van der Waals surface area contributed by atoms with Crippen LogP contribution in [-0.2, 0) is 4.79 Å². The fourth-order valence-electron chi connectivity index (χ4n) is 3.97. The molecule has 0 aromatic heterocycles. The zero-order valence-electron chi connectivity index (χ0n) is 14.6. The topological polar surface area (TPSA) is 72.0 Å². The minimum atomic E-state index is 0.114. The second-order valence-electron chi connectivity index (χ2n) is 7.45. The van der Waals surface area contributed by atoms with Crippen LogP contribution in [-0.4, -0.2) is 39.9 Å². The minimum absolute atomic E-state index is 0.114. The van der Waals surface area contributed by atoms with Gasteiger partial charge in [0.05, 0.1) is 12.1 Å². The molecule has 3 unspecified atom stereocenters. The molecule has 1 amide bonds. The largest absolute Gasteiger partial charge is 0.353 e. The third kappa shape index (κ3) is 2.92. The van der Waals surface area contributed by atoms with Gasteiger partial charge < -0.3 is 15.2 Å². The van der Waals surface area contributed by atoms with Crippen molar-refractivity contribution < 1.29 is 4.79 Å². The first-order valence-corrected chi connectivity index (χ1v) is 9.45. The summed E-state index contributed by atoms with van der Waals surface area (Å²) in [6, 6.07) is 11.6. The molecule has 1 aliphatic carbocycles. The maximum absolute atomic E-state index is 12.0. The molecule has 0 bridgehead atoms. The second-order valence-corrected chi connectivity index (χ2v) is 7.45. The lowest BCUT2D eigenvalue weighted by Gasteiger charge is -2.37. The van der Waals surface area contributed by atoms with Crippen molar-refractivity contribution in [3.63, 3.8) is 0 Å². The highest BCUT2D eigenvalue weighted by atomic mass is 16.1. The molecule has 7 heteroatoms. The Hall–Kier alpha value is -2.54. The van der Waals surface area contributed by atoms with Crippen molar-refractivity contribution in [2.75, 3.05) is 0 Å². The van der Waals surface area contributed by atoms with Gasteiger partial charge in [-0.2, -0.15) is 5.10 Å². The van der Waals surface area contributed by atoms with Crippen molar-refractivity contribution >= 4 is 11.7 Å². The third-order valence-electron chi connectivity index (χ3n) is 5.54. The van der Waals surface area contributed by atoms with E-state index in [1.165, 1.54) is 5.56 Å². The molecular formula is C19H24N6O. The number of carbonyl (C=O) groups is 1. The monoisotopic (exact) mass is 352 g/mol. The lowest BCUT2D eigenvalue weighted by atomic mass is 10.00. The fourth-order valence-corrected chi connectivity index (χ4v) is 3.97. The highest BCUT2D eigenvalue weighted by molar-refractivity contribution is 5.89. The summed E-state index contributed by atoms with van der Waals surface area (Å²) in [7, 11) is 0. The number of amidine groups is 1. The van der Waals surface area contributed by atoms with Crippen molar-refractivity contribution in [2.45, 2.75) is 56.4 Å². The molecule has 4 aliphatic rings. The van der Waals surface area contributed by atoms with E-state index in [0.717, 1.165) is 25.1 Å². The van der Waals surface area contributed by atoms with E-state index in [0.29, 0.717) is 31.0 Å². The molecule has 5 rings (SSSR count). The van der Waals surface area contributed by atoms with Crippen molar-refractivity contribution in [1.82, 2.24) is 26.1 Å². The summed E-state index contributed by atoms with van der Waals surface area (Å²) in [5.41, 5.74) is 8.16. The fraction of sp³-hybridized carbons (Fsp3) is 0.474. The van der Waals surface area contributed by atoms with Gasteiger partial charge in [-0.05, 0) is 24.8 Å². The van der Waals surface area contributed by atoms with E-state index in [4.69, 9.17) is 0 Å². The molecule has 136 valence electrons. The Labute approximate surface area is 153 Å². The van der Waals surface area contributed by atoms with Crippen LogP contribution in [0.15, 0.2) is 47.8 Å². The van der Waals surface area contributed by atoms with Crippen LogP contribution in [0.3, 0.4) is 0 Å². The van der Waals surface area contributed by atoms with E-state index in [1.54, 1.807) is 0 Å². The van der Waals surface area contributed by atoms with Crippen LogP contribution in [0.5, 0.6) is 0 Å². The second kappa shape index (κ2) is 6.32. The maximum atomic E-state index is 12.0. The summed E-state index contributed by atoms with van der Waals surface area (Å²) in [5, 5.41) is 9.74. The van der Waals surface area contributed by atoms with Crippen LogP contribution in [0, 0.1) is 0 Å². The maximum Gasteiger partial charge on any atom is 0.220 e. The Kier molecular flexibility index (Phi) is 3.81. The number of nitrogens with one attached hydrogen (secondary N) is 3. The van der Waals surface area contributed by atoms with Gasteiger partial charge in [-0.1, -0.05) is 30.3 Å². The van der Waals surface area contributed by atoms with E-state index in [-0.39, 0.29) is 12.1 Å². The number of benzene rings is 1. The van der Waals surface area contributed by atoms with E-state index < -0.39 is 0 Å². The Morgan fingerprint density at radius 2 is 2.08 bits per heavy atom. The number of nitrogens with zero attached hydrogens (tertiary/aromatic N) is 3. The quantitative estimate of drug-likeness (QED) is 0.747. The first kappa shape index (κ1) is 15.7. The van der Waals surface area contributed by atoms with Crippen LogP contribution < -0.4 is 16.2 Å². The van der Waals surface area contributed by atoms with Gasteiger partial charge in [-0.25, -0.2) is 5.43 Å². The van der Waals surface area contributed by atoms with Gasteiger partial charge in [-0.3, -0.25) is 10.2 Å². The zero-order chi connectivity index (χ0) is 17.5. The number of rotatable bonds is 5. The summed E-state index contributed by atoms with van der Waals surface area (Å²) in [6.07, 6.45) is 8.66. The van der Waals surface area contributed by atoms with Gasteiger partial charge in [0.25, 0.3) is 0 Å². The number of hydrogen-bond donors (Lipinski definition) is 3. The molecule has 1 aromatic rings. The highest BCUT2D eigenvalue weighted by Gasteiger charge is 2.44. The lowest BCUT2D eigenvalue weighted by molar-refractivity contribution is -0.121. The normalized spacial score (nSPS) is 29.1.